The van der Waals surface area contributed by atoms with E-state index in [1.165, 1.54) is 11.1 Å². The molecule has 17 heavy (non-hydrogen) atoms. The summed E-state index contributed by atoms with van der Waals surface area (Å²) in [5, 5.41) is 0. The van der Waals surface area contributed by atoms with E-state index in [9.17, 15) is 0 Å². The molecule has 86 valence electrons. The van der Waals surface area contributed by atoms with Crippen LogP contribution in [0.4, 0.5) is 0 Å². The molecule has 0 aliphatic rings. The molecule has 1 aromatic heterocycles. The largest absolute Gasteiger partial charge is 0.497 e. The van der Waals surface area contributed by atoms with Crippen LogP contribution in [0.5, 0.6) is 5.75 Å². The number of ether oxygens (including phenoxy) is 1. The Hall–Kier alpha value is -2.09. The zero-order valence-electron chi connectivity index (χ0n) is 10.1. The lowest BCUT2D eigenvalue weighted by Gasteiger charge is -2.03. The Bertz CT molecular complexity index is 500. The number of hydrogen-bond donors (Lipinski definition) is 0. The van der Waals surface area contributed by atoms with E-state index in [2.05, 4.69) is 18.0 Å². The van der Waals surface area contributed by atoms with Gasteiger partial charge in [-0.1, -0.05) is 18.2 Å². The maximum absolute atomic E-state index is 5.14. The molecule has 1 aromatic carbocycles. The van der Waals surface area contributed by atoms with Gasteiger partial charge >= 0.3 is 0 Å². The van der Waals surface area contributed by atoms with Crippen molar-refractivity contribution in [1.29, 1.82) is 0 Å². The molecule has 2 nitrogen and oxygen atoms in total. The first-order valence-corrected chi connectivity index (χ1v) is 5.53. The molecule has 2 heteroatoms. The summed E-state index contributed by atoms with van der Waals surface area (Å²) in [7, 11) is 1.67. The monoisotopic (exact) mass is 225 g/mol. The Kier molecular flexibility index (Phi) is 3.55. The third kappa shape index (κ3) is 2.94. The second-order valence-corrected chi connectivity index (χ2v) is 3.81. The van der Waals surface area contributed by atoms with Crippen molar-refractivity contribution in [2.45, 2.75) is 6.92 Å². The molecule has 0 aliphatic carbocycles. The summed E-state index contributed by atoms with van der Waals surface area (Å²) in [6.07, 6.45) is 3.87. The number of rotatable bonds is 3. The number of hydrogen-bond acceptors (Lipinski definition) is 2. The first-order chi connectivity index (χ1) is 8.29. The summed E-state index contributed by atoms with van der Waals surface area (Å²) in [6.45, 7) is 2.08. The Morgan fingerprint density at radius 2 is 1.88 bits per heavy atom. The zero-order valence-corrected chi connectivity index (χ0v) is 10.1. The van der Waals surface area contributed by atoms with E-state index in [0.29, 0.717) is 0 Å². The second kappa shape index (κ2) is 5.30. The molecule has 0 radical (unpaired) electrons. The molecule has 2 aromatic rings. The minimum absolute atomic E-state index is 0.874. The van der Waals surface area contributed by atoms with Crippen LogP contribution in [0.3, 0.4) is 0 Å². The van der Waals surface area contributed by atoms with E-state index in [1.807, 2.05) is 42.5 Å². The summed E-state index contributed by atoms with van der Waals surface area (Å²) < 4.78 is 5.14. The Morgan fingerprint density at radius 1 is 1.12 bits per heavy atom. The molecule has 0 unspecified atom stereocenters. The fourth-order valence-corrected chi connectivity index (χ4v) is 1.62. The van der Waals surface area contributed by atoms with Crippen LogP contribution in [0.1, 0.15) is 18.2 Å². The fourth-order valence-electron chi connectivity index (χ4n) is 1.62. The van der Waals surface area contributed by atoms with Crippen molar-refractivity contribution in [3.63, 3.8) is 0 Å². The first kappa shape index (κ1) is 11.4. The summed E-state index contributed by atoms with van der Waals surface area (Å²) >= 11 is 0. The molecule has 0 saturated heterocycles. The van der Waals surface area contributed by atoms with Gasteiger partial charge in [-0.2, -0.15) is 0 Å². The average molecular weight is 225 g/mol. The standard InChI is InChI=1S/C15H15NO/c1-12(11-14-5-3-4-10-16-14)13-6-8-15(17-2)9-7-13/h3-11H,1-2H3/b12-11+. The Labute approximate surface area is 102 Å². The van der Waals surface area contributed by atoms with Crippen LogP contribution < -0.4 is 4.74 Å². The zero-order chi connectivity index (χ0) is 12.1. The highest BCUT2D eigenvalue weighted by molar-refractivity contribution is 5.79. The van der Waals surface area contributed by atoms with Crippen molar-refractivity contribution in [3.8, 4) is 5.75 Å². The van der Waals surface area contributed by atoms with Gasteiger partial charge < -0.3 is 4.74 Å². The van der Waals surface area contributed by atoms with Gasteiger partial charge in [0.1, 0.15) is 5.75 Å². The lowest BCUT2D eigenvalue weighted by Crippen LogP contribution is -1.85. The van der Waals surface area contributed by atoms with Gasteiger partial charge in [-0.3, -0.25) is 4.98 Å². The van der Waals surface area contributed by atoms with Gasteiger partial charge in [0, 0.05) is 6.20 Å². The summed E-state index contributed by atoms with van der Waals surface area (Å²) in [5.41, 5.74) is 3.34. The van der Waals surface area contributed by atoms with Crippen LogP contribution >= 0.6 is 0 Å². The number of pyridine rings is 1. The van der Waals surface area contributed by atoms with Crippen LogP contribution in [0, 0.1) is 0 Å². The first-order valence-electron chi connectivity index (χ1n) is 5.53. The molecular formula is C15H15NO. The van der Waals surface area contributed by atoms with E-state index in [1.54, 1.807) is 13.3 Å². The van der Waals surface area contributed by atoms with Crippen molar-refractivity contribution >= 4 is 11.6 Å². The highest BCUT2D eigenvalue weighted by Crippen LogP contribution is 2.19. The smallest absolute Gasteiger partial charge is 0.118 e. The summed E-state index contributed by atoms with van der Waals surface area (Å²) in [6, 6.07) is 13.9. The molecule has 0 amide bonds. The average Bonchev–Trinajstić information content (AvgIpc) is 2.40. The van der Waals surface area contributed by atoms with Crippen LogP contribution in [0.15, 0.2) is 48.7 Å². The predicted molar refractivity (Wildman–Crippen MR) is 70.8 cm³/mol. The van der Waals surface area contributed by atoms with E-state index in [-0.39, 0.29) is 0 Å². The molecule has 0 aliphatic heterocycles. The molecule has 0 saturated carbocycles. The quantitative estimate of drug-likeness (QED) is 0.795. The normalized spacial score (nSPS) is 11.3. The molecular weight excluding hydrogens is 210 g/mol. The lowest BCUT2D eigenvalue weighted by atomic mass is 10.1. The second-order valence-electron chi connectivity index (χ2n) is 3.81. The minimum atomic E-state index is 0.874. The maximum Gasteiger partial charge on any atom is 0.118 e. The van der Waals surface area contributed by atoms with Crippen molar-refractivity contribution in [1.82, 2.24) is 4.98 Å². The Morgan fingerprint density at radius 3 is 2.47 bits per heavy atom. The van der Waals surface area contributed by atoms with Gasteiger partial charge in [0.15, 0.2) is 0 Å². The minimum Gasteiger partial charge on any atom is -0.497 e. The third-order valence-electron chi connectivity index (χ3n) is 2.60. The lowest BCUT2D eigenvalue weighted by molar-refractivity contribution is 0.415. The predicted octanol–water partition coefficient (Wildman–Crippen LogP) is 3.65. The van der Waals surface area contributed by atoms with Crippen molar-refractivity contribution in [3.05, 3.63) is 59.9 Å². The molecule has 0 N–H and O–H groups in total. The van der Waals surface area contributed by atoms with Gasteiger partial charge in [0.05, 0.1) is 12.8 Å². The number of nitrogens with zero attached hydrogens (tertiary/aromatic N) is 1. The van der Waals surface area contributed by atoms with Crippen molar-refractivity contribution < 1.29 is 4.74 Å². The van der Waals surface area contributed by atoms with Crippen LogP contribution in [-0.4, -0.2) is 12.1 Å². The molecule has 0 fully saturated rings. The van der Waals surface area contributed by atoms with Gasteiger partial charge in [-0.15, -0.1) is 0 Å². The van der Waals surface area contributed by atoms with Gasteiger partial charge in [-0.25, -0.2) is 0 Å². The maximum atomic E-state index is 5.14. The van der Waals surface area contributed by atoms with Crippen molar-refractivity contribution in [2.24, 2.45) is 0 Å². The van der Waals surface area contributed by atoms with Gasteiger partial charge in [0.25, 0.3) is 0 Å². The third-order valence-corrected chi connectivity index (χ3v) is 2.60. The number of benzene rings is 1. The van der Waals surface area contributed by atoms with E-state index in [0.717, 1.165) is 11.4 Å². The highest BCUT2D eigenvalue weighted by Gasteiger charge is 1.97. The van der Waals surface area contributed by atoms with Gasteiger partial charge in [-0.05, 0) is 48.4 Å². The number of allylic oxidation sites excluding steroid dienone is 1. The summed E-state index contributed by atoms with van der Waals surface area (Å²) in [5.74, 6) is 0.874. The topological polar surface area (TPSA) is 22.1 Å². The number of aromatic nitrogens is 1. The Balaban J connectivity index is 2.24. The highest BCUT2D eigenvalue weighted by atomic mass is 16.5. The van der Waals surface area contributed by atoms with E-state index < -0.39 is 0 Å². The van der Waals surface area contributed by atoms with Crippen LogP contribution in [0.25, 0.3) is 11.6 Å². The molecule has 0 spiro atoms. The van der Waals surface area contributed by atoms with E-state index in [4.69, 9.17) is 4.74 Å². The van der Waals surface area contributed by atoms with Crippen LogP contribution in [0.2, 0.25) is 0 Å². The SMILES string of the molecule is COc1ccc(/C(C)=C/c2ccccn2)cc1. The van der Waals surface area contributed by atoms with Gasteiger partial charge in [0.2, 0.25) is 0 Å². The molecule has 0 atom stereocenters. The summed E-state index contributed by atoms with van der Waals surface area (Å²) in [4.78, 5) is 4.28. The fraction of sp³-hybridized carbons (Fsp3) is 0.133. The van der Waals surface area contributed by atoms with Crippen molar-refractivity contribution in [2.75, 3.05) is 7.11 Å². The molecule has 1 heterocycles. The van der Waals surface area contributed by atoms with E-state index >= 15 is 0 Å². The number of methoxy groups -OCH3 is 1. The molecule has 0 bridgehead atoms. The molecule has 2 rings (SSSR count). The van der Waals surface area contributed by atoms with Crippen LogP contribution in [-0.2, 0) is 0 Å².